The molecule has 3 heteroatoms. The molecule has 0 saturated heterocycles. The number of hydrogen-bond donors (Lipinski definition) is 1. The lowest BCUT2D eigenvalue weighted by Gasteiger charge is -2.39. The molecule has 0 unspecified atom stereocenters. The van der Waals surface area contributed by atoms with Crippen LogP contribution in [0.2, 0.25) is 0 Å². The van der Waals surface area contributed by atoms with Crippen LogP contribution in [0.25, 0.3) is 0 Å². The zero-order chi connectivity index (χ0) is 13.7. The summed E-state index contributed by atoms with van der Waals surface area (Å²) in [6.07, 6.45) is 4.20. The minimum atomic E-state index is 0. The van der Waals surface area contributed by atoms with Crippen molar-refractivity contribution < 1.29 is 0 Å². The Hall–Kier alpha value is 0.200. The van der Waals surface area contributed by atoms with E-state index in [4.69, 9.17) is 0 Å². The zero-order valence-corrected chi connectivity index (χ0v) is 15.6. The highest BCUT2D eigenvalue weighted by atomic mass is 127. The molecule has 2 saturated carbocycles. The highest BCUT2D eigenvalue weighted by molar-refractivity contribution is 14.1. The van der Waals surface area contributed by atoms with Gasteiger partial charge in [-0.25, -0.2) is 0 Å². The molecule has 1 aromatic rings. The maximum absolute atomic E-state index is 3.84. The van der Waals surface area contributed by atoms with Crippen LogP contribution in [0.3, 0.4) is 0 Å². The number of hydrogen-bond acceptors (Lipinski definition) is 1. The maximum Gasteiger partial charge on any atom is 0.0208 e. The maximum atomic E-state index is 3.84. The Balaban J connectivity index is 0.00000147. The fourth-order valence-electron chi connectivity index (χ4n) is 4.36. The van der Waals surface area contributed by atoms with Crippen LogP contribution in [0.4, 0.5) is 0 Å². The van der Waals surface area contributed by atoms with Gasteiger partial charge in [0.25, 0.3) is 0 Å². The van der Waals surface area contributed by atoms with Gasteiger partial charge in [0.1, 0.15) is 0 Å². The Kier molecular flexibility index (Phi) is 4.78. The second kappa shape index (κ2) is 5.77. The molecule has 3 rings (SSSR count). The minimum Gasteiger partial charge on any atom is -0.309 e. The molecule has 0 amide bonds. The van der Waals surface area contributed by atoms with Crippen molar-refractivity contribution in [3.05, 3.63) is 33.4 Å². The molecule has 0 radical (unpaired) electrons. The quantitative estimate of drug-likeness (QED) is 0.696. The van der Waals surface area contributed by atoms with Crippen LogP contribution in [0, 0.1) is 20.3 Å². The van der Waals surface area contributed by atoms with Crippen LogP contribution in [0.5, 0.6) is 0 Å². The highest BCUT2D eigenvalue weighted by Gasteiger charge is 2.60. The molecule has 112 valence electrons. The second-order valence-electron chi connectivity index (χ2n) is 7.17. The predicted octanol–water partition coefficient (Wildman–Crippen LogP) is 5.02. The molecular formula is C17H25ClIN. The average molecular weight is 406 g/mol. The van der Waals surface area contributed by atoms with Crippen molar-refractivity contribution in [3.8, 4) is 0 Å². The molecule has 2 fully saturated rings. The van der Waals surface area contributed by atoms with Gasteiger partial charge in [0.15, 0.2) is 0 Å². The molecule has 2 bridgehead atoms. The number of nitrogens with one attached hydrogen (secondary N) is 1. The summed E-state index contributed by atoms with van der Waals surface area (Å²) >= 11 is 2.36. The van der Waals surface area contributed by atoms with Gasteiger partial charge in [0, 0.05) is 16.2 Å². The Labute approximate surface area is 142 Å². The molecule has 0 aliphatic heterocycles. The Morgan fingerprint density at radius 1 is 1.20 bits per heavy atom. The van der Waals surface area contributed by atoms with Gasteiger partial charge in [-0.1, -0.05) is 32.9 Å². The van der Waals surface area contributed by atoms with Crippen LogP contribution in [-0.2, 0) is 6.54 Å². The first-order valence-electron chi connectivity index (χ1n) is 7.41. The number of fused-ring (bicyclic) bond motifs is 2. The lowest BCUT2D eigenvalue weighted by Crippen LogP contribution is -2.44. The number of rotatable bonds is 3. The molecule has 1 nitrogen and oxygen atoms in total. The largest absolute Gasteiger partial charge is 0.309 e. The van der Waals surface area contributed by atoms with E-state index in [9.17, 15) is 0 Å². The topological polar surface area (TPSA) is 12.0 Å². The molecule has 1 aromatic carbocycles. The SMILES string of the molecule is CC1(C)[C@H]2CC[C@]1(C)[C@H](NCc1ccc(I)cc1)C2.Cl. The summed E-state index contributed by atoms with van der Waals surface area (Å²) in [6, 6.07) is 9.58. The van der Waals surface area contributed by atoms with Gasteiger partial charge in [-0.15, -0.1) is 12.4 Å². The van der Waals surface area contributed by atoms with E-state index in [1.54, 1.807) is 0 Å². The molecular weight excluding hydrogens is 381 g/mol. The fourth-order valence-corrected chi connectivity index (χ4v) is 4.72. The van der Waals surface area contributed by atoms with E-state index in [0.717, 1.165) is 12.5 Å². The number of benzene rings is 1. The Morgan fingerprint density at radius 2 is 1.85 bits per heavy atom. The van der Waals surface area contributed by atoms with Gasteiger partial charge < -0.3 is 5.32 Å². The molecule has 3 atom stereocenters. The van der Waals surface area contributed by atoms with Crippen molar-refractivity contribution in [1.29, 1.82) is 0 Å². The normalized spacial score (nSPS) is 34.0. The summed E-state index contributed by atoms with van der Waals surface area (Å²) in [5.74, 6) is 0.923. The minimum absolute atomic E-state index is 0. The van der Waals surface area contributed by atoms with E-state index in [0.29, 0.717) is 16.9 Å². The second-order valence-corrected chi connectivity index (χ2v) is 8.42. The monoisotopic (exact) mass is 405 g/mol. The van der Waals surface area contributed by atoms with Crippen LogP contribution in [0.1, 0.15) is 45.6 Å². The molecule has 2 aliphatic carbocycles. The van der Waals surface area contributed by atoms with E-state index in [1.807, 2.05) is 0 Å². The molecule has 1 N–H and O–H groups in total. The van der Waals surface area contributed by atoms with Gasteiger partial charge in [0.05, 0.1) is 0 Å². The van der Waals surface area contributed by atoms with Crippen molar-refractivity contribution >= 4 is 35.0 Å². The first kappa shape index (κ1) is 16.6. The molecule has 0 heterocycles. The average Bonchev–Trinajstić information content (AvgIpc) is 2.71. The van der Waals surface area contributed by atoms with Crippen molar-refractivity contribution in [3.63, 3.8) is 0 Å². The molecule has 0 spiro atoms. The molecule has 2 aliphatic rings. The third-order valence-corrected chi connectivity index (χ3v) is 6.98. The summed E-state index contributed by atoms with van der Waals surface area (Å²) in [5, 5.41) is 3.84. The van der Waals surface area contributed by atoms with Gasteiger partial charge in [-0.05, 0) is 76.3 Å². The van der Waals surface area contributed by atoms with E-state index in [-0.39, 0.29) is 12.4 Å². The summed E-state index contributed by atoms with van der Waals surface area (Å²) in [6.45, 7) is 8.49. The lowest BCUT2D eigenvalue weighted by atomic mass is 9.69. The van der Waals surface area contributed by atoms with Crippen molar-refractivity contribution in [2.75, 3.05) is 0 Å². The van der Waals surface area contributed by atoms with Crippen LogP contribution >= 0.6 is 35.0 Å². The summed E-state index contributed by atoms with van der Waals surface area (Å²) in [4.78, 5) is 0. The van der Waals surface area contributed by atoms with Gasteiger partial charge in [-0.3, -0.25) is 0 Å². The third kappa shape index (κ3) is 2.52. The van der Waals surface area contributed by atoms with Gasteiger partial charge >= 0.3 is 0 Å². The van der Waals surface area contributed by atoms with Crippen molar-refractivity contribution in [2.45, 2.75) is 52.6 Å². The molecule has 20 heavy (non-hydrogen) atoms. The van der Waals surface area contributed by atoms with E-state index in [2.05, 4.69) is 72.9 Å². The first-order valence-corrected chi connectivity index (χ1v) is 8.49. The first-order chi connectivity index (χ1) is 8.93. The highest BCUT2D eigenvalue weighted by Crippen LogP contribution is 2.65. The Bertz CT molecular complexity index is 470. The fraction of sp³-hybridized carbons (Fsp3) is 0.647. The van der Waals surface area contributed by atoms with Gasteiger partial charge in [0.2, 0.25) is 0 Å². The summed E-state index contributed by atoms with van der Waals surface area (Å²) < 4.78 is 1.31. The van der Waals surface area contributed by atoms with E-state index >= 15 is 0 Å². The van der Waals surface area contributed by atoms with E-state index < -0.39 is 0 Å². The van der Waals surface area contributed by atoms with Crippen LogP contribution in [-0.4, -0.2) is 6.04 Å². The zero-order valence-electron chi connectivity index (χ0n) is 12.6. The lowest BCUT2D eigenvalue weighted by molar-refractivity contribution is 0.120. The predicted molar refractivity (Wildman–Crippen MR) is 96.3 cm³/mol. The Morgan fingerprint density at radius 3 is 2.35 bits per heavy atom. The number of halogens is 2. The van der Waals surface area contributed by atoms with E-state index in [1.165, 1.54) is 28.4 Å². The van der Waals surface area contributed by atoms with Crippen molar-refractivity contribution in [1.82, 2.24) is 5.32 Å². The third-order valence-electron chi connectivity index (χ3n) is 6.26. The van der Waals surface area contributed by atoms with Gasteiger partial charge in [-0.2, -0.15) is 0 Å². The standard InChI is InChI=1S/C17H24IN.ClH/c1-16(2)13-8-9-17(16,3)15(10-13)19-11-12-4-6-14(18)7-5-12;/h4-7,13,15,19H,8-11H2,1-3H3;1H/t13-,15+,17+;/m0./s1. The van der Waals surface area contributed by atoms with Crippen LogP contribution in [0.15, 0.2) is 24.3 Å². The van der Waals surface area contributed by atoms with Crippen LogP contribution < -0.4 is 5.32 Å². The summed E-state index contributed by atoms with van der Waals surface area (Å²) in [7, 11) is 0. The summed E-state index contributed by atoms with van der Waals surface area (Å²) in [5.41, 5.74) is 2.40. The van der Waals surface area contributed by atoms with Crippen molar-refractivity contribution in [2.24, 2.45) is 16.7 Å². The molecule has 0 aromatic heterocycles. The smallest absolute Gasteiger partial charge is 0.0208 e.